The van der Waals surface area contributed by atoms with Crippen LogP contribution in [0.3, 0.4) is 0 Å². The number of hydrogen-bond acceptors (Lipinski definition) is 3. The summed E-state index contributed by atoms with van der Waals surface area (Å²) in [6, 6.07) is 14.7. The van der Waals surface area contributed by atoms with Gasteiger partial charge in [0.05, 0.1) is 5.69 Å². The second kappa shape index (κ2) is 5.51. The van der Waals surface area contributed by atoms with Crippen molar-refractivity contribution in [3.8, 4) is 17.3 Å². The number of benzene rings is 1. The van der Waals surface area contributed by atoms with E-state index in [0.717, 1.165) is 11.3 Å². The molecule has 0 spiro atoms. The van der Waals surface area contributed by atoms with Gasteiger partial charge in [-0.1, -0.05) is 30.3 Å². The molecule has 1 heterocycles. The molecule has 1 aromatic heterocycles. The summed E-state index contributed by atoms with van der Waals surface area (Å²) in [7, 11) is 0. The Bertz CT molecular complexity index is 668. The molecule has 0 saturated heterocycles. The third-order valence-electron chi connectivity index (χ3n) is 3.09. The maximum atomic E-state index is 12.3. The number of nitrogens with zero attached hydrogens (tertiary/aromatic N) is 2. The highest BCUT2D eigenvalue weighted by molar-refractivity contribution is 5.60. The molecule has 1 unspecified atom stereocenters. The highest BCUT2D eigenvalue weighted by Crippen LogP contribution is 2.20. The molecule has 0 aliphatic heterocycles. The van der Waals surface area contributed by atoms with Gasteiger partial charge in [-0.15, -0.1) is 0 Å². The molecule has 96 valence electrons. The van der Waals surface area contributed by atoms with Gasteiger partial charge in [0.2, 0.25) is 0 Å². The summed E-state index contributed by atoms with van der Waals surface area (Å²) in [4.78, 5) is 12.3. The van der Waals surface area contributed by atoms with E-state index in [0.29, 0.717) is 6.54 Å². The predicted octanol–water partition coefficient (Wildman–Crippen LogP) is 1.91. The van der Waals surface area contributed by atoms with Crippen molar-refractivity contribution < 1.29 is 0 Å². The third kappa shape index (κ3) is 2.42. The summed E-state index contributed by atoms with van der Waals surface area (Å²) in [5, 5.41) is 8.96. The first-order valence-corrected chi connectivity index (χ1v) is 6.10. The minimum Gasteiger partial charge on any atom is -0.328 e. The number of pyridine rings is 1. The smallest absolute Gasteiger partial charge is 0.269 e. The Morgan fingerprint density at radius 3 is 2.53 bits per heavy atom. The Morgan fingerprint density at radius 1 is 1.26 bits per heavy atom. The van der Waals surface area contributed by atoms with Gasteiger partial charge in [-0.05, 0) is 24.6 Å². The largest absolute Gasteiger partial charge is 0.328 e. The maximum absolute atomic E-state index is 12.3. The van der Waals surface area contributed by atoms with E-state index < -0.39 is 0 Å². The number of hydrogen-bond donors (Lipinski definition) is 1. The molecule has 4 nitrogen and oxygen atoms in total. The van der Waals surface area contributed by atoms with E-state index in [1.165, 1.54) is 0 Å². The van der Waals surface area contributed by atoms with Crippen molar-refractivity contribution in [2.75, 3.05) is 6.54 Å². The van der Waals surface area contributed by atoms with Crippen LogP contribution in [0.15, 0.2) is 47.3 Å². The first kappa shape index (κ1) is 13.1. The first-order chi connectivity index (χ1) is 9.19. The quantitative estimate of drug-likeness (QED) is 0.908. The summed E-state index contributed by atoms with van der Waals surface area (Å²) < 4.78 is 1.59. The molecular formula is C15H15N3O. The van der Waals surface area contributed by atoms with Crippen LogP contribution in [0.4, 0.5) is 0 Å². The van der Waals surface area contributed by atoms with Crippen LogP contribution in [0.2, 0.25) is 0 Å². The zero-order valence-corrected chi connectivity index (χ0v) is 10.7. The van der Waals surface area contributed by atoms with Gasteiger partial charge in [-0.2, -0.15) is 5.26 Å². The average Bonchev–Trinajstić information content (AvgIpc) is 2.47. The normalized spacial score (nSPS) is 11.8. The number of nitrogens with two attached hydrogens (primary N) is 1. The Kier molecular flexibility index (Phi) is 3.79. The lowest BCUT2D eigenvalue weighted by molar-refractivity contribution is 0.545. The Hall–Kier alpha value is -2.38. The van der Waals surface area contributed by atoms with Crippen LogP contribution in [0.1, 0.15) is 18.5 Å². The van der Waals surface area contributed by atoms with Gasteiger partial charge in [-0.3, -0.25) is 4.79 Å². The fourth-order valence-electron chi connectivity index (χ4n) is 2.03. The monoisotopic (exact) mass is 253 g/mol. The van der Waals surface area contributed by atoms with Gasteiger partial charge < -0.3 is 10.3 Å². The second-order valence-electron chi connectivity index (χ2n) is 4.37. The van der Waals surface area contributed by atoms with Gasteiger partial charge >= 0.3 is 0 Å². The average molecular weight is 253 g/mol. The zero-order valence-electron chi connectivity index (χ0n) is 10.7. The molecule has 0 aliphatic carbocycles. The van der Waals surface area contributed by atoms with Crippen molar-refractivity contribution in [2.45, 2.75) is 13.0 Å². The molecule has 0 saturated carbocycles. The Labute approximate surface area is 111 Å². The van der Waals surface area contributed by atoms with Crippen molar-refractivity contribution in [1.82, 2.24) is 4.57 Å². The lowest BCUT2D eigenvalue weighted by Crippen LogP contribution is -2.30. The molecular weight excluding hydrogens is 238 g/mol. The van der Waals surface area contributed by atoms with Crippen molar-refractivity contribution in [1.29, 1.82) is 5.26 Å². The van der Waals surface area contributed by atoms with Crippen molar-refractivity contribution in [2.24, 2.45) is 5.73 Å². The summed E-state index contributed by atoms with van der Waals surface area (Å²) in [6.45, 7) is 2.21. The molecule has 2 N–H and O–H groups in total. The summed E-state index contributed by atoms with van der Waals surface area (Å²) in [5.74, 6) is 0. The van der Waals surface area contributed by atoms with Crippen LogP contribution in [0.5, 0.6) is 0 Å². The molecule has 2 rings (SSSR count). The summed E-state index contributed by atoms with van der Waals surface area (Å²) in [6.07, 6.45) is 0. The van der Waals surface area contributed by atoms with Crippen LogP contribution in [-0.2, 0) is 0 Å². The molecule has 0 radical (unpaired) electrons. The molecule has 19 heavy (non-hydrogen) atoms. The zero-order chi connectivity index (χ0) is 13.8. The fraction of sp³-hybridized carbons (Fsp3) is 0.200. The van der Waals surface area contributed by atoms with Gasteiger partial charge in [-0.25, -0.2) is 0 Å². The molecule has 0 aliphatic rings. The van der Waals surface area contributed by atoms with Crippen molar-refractivity contribution in [3.63, 3.8) is 0 Å². The lowest BCUT2D eigenvalue weighted by atomic mass is 10.1. The highest BCUT2D eigenvalue weighted by Gasteiger charge is 2.14. The van der Waals surface area contributed by atoms with Gasteiger partial charge in [0.15, 0.2) is 0 Å². The number of rotatable bonds is 3. The fourth-order valence-corrected chi connectivity index (χ4v) is 2.03. The van der Waals surface area contributed by atoms with Gasteiger partial charge in [0, 0.05) is 12.6 Å². The van der Waals surface area contributed by atoms with Crippen LogP contribution in [0, 0.1) is 11.3 Å². The molecule has 4 heteroatoms. The molecule has 0 fully saturated rings. The highest BCUT2D eigenvalue weighted by atomic mass is 16.1. The topological polar surface area (TPSA) is 71.8 Å². The predicted molar refractivity (Wildman–Crippen MR) is 74.6 cm³/mol. The lowest BCUT2D eigenvalue weighted by Gasteiger charge is -2.18. The number of nitriles is 1. The van der Waals surface area contributed by atoms with Crippen LogP contribution < -0.4 is 11.3 Å². The Morgan fingerprint density at radius 2 is 1.95 bits per heavy atom. The summed E-state index contributed by atoms with van der Waals surface area (Å²) in [5.41, 5.74) is 7.23. The van der Waals surface area contributed by atoms with E-state index in [1.54, 1.807) is 16.7 Å². The Balaban J connectivity index is 2.73. The molecule has 0 bridgehead atoms. The molecule has 1 aromatic carbocycles. The van der Waals surface area contributed by atoms with E-state index in [4.69, 9.17) is 11.0 Å². The summed E-state index contributed by atoms with van der Waals surface area (Å²) >= 11 is 0. The van der Waals surface area contributed by atoms with E-state index in [-0.39, 0.29) is 17.2 Å². The second-order valence-corrected chi connectivity index (χ2v) is 4.37. The van der Waals surface area contributed by atoms with Crippen LogP contribution in [-0.4, -0.2) is 11.1 Å². The van der Waals surface area contributed by atoms with E-state index in [1.807, 2.05) is 43.3 Å². The van der Waals surface area contributed by atoms with Gasteiger partial charge in [0.1, 0.15) is 11.6 Å². The minimum atomic E-state index is -0.290. The van der Waals surface area contributed by atoms with Crippen LogP contribution in [0.25, 0.3) is 11.3 Å². The maximum Gasteiger partial charge on any atom is 0.269 e. The van der Waals surface area contributed by atoms with E-state index in [9.17, 15) is 4.79 Å². The standard InChI is InChI=1S/C15H15N3O/c1-11(9-16)18-14(12-5-3-2-4-6-12)8-7-13(10-17)15(18)19/h2-8,11H,9,16H2,1H3. The van der Waals surface area contributed by atoms with Gasteiger partial charge in [0.25, 0.3) is 5.56 Å². The molecule has 2 aromatic rings. The minimum absolute atomic E-state index is 0.139. The van der Waals surface area contributed by atoms with Crippen molar-refractivity contribution >= 4 is 0 Å². The van der Waals surface area contributed by atoms with E-state index >= 15 is 0 Å². The van der Waals surface area contributed by atoms with Crippen molar-refractivity contribution in [3.05, 3.63) is 58.4 Å². The molecule has 0 amide bonds. The SMILES string of the molecule is CC(CN)n1c(-c2ccccc2)ccc(C#N)c1=O. The number of aromatic nitrogens is 1. The molecule has 1 atom stereocenters. The van der Waals surface area contributed by atoms with Crippen LogP contribution >= 0.6 is 0 Å². The third-order valence-corrected chi connectivity index (χ3v) is 3.09. The van der Waals surface area contributed by atoms with E-state index in [2.05, 4.69) is 0 Å². The first-order valence-electron chi connectivity index (χ1n) is 6.10.